The minimum Gasteiger partial charge on any atom is -0.490 e. The highest BCUT2D eigenvalue weighted by Crippen LogP contribution is 2.32. The second kappa shape index (κ2) is 8.67. The lowest BCUT2D eigenvalue weighted by Crippen LogP contribution is -2.31. The van der Waals surface area contributed by atoms with Crippen molar-refractivity contribution in [2.24, 2.45) is 4.99 Å². The van der Waals surface area contributed by atoms with E-state index in [9.17, 15) is 0 Å². The van der Waals surface area contributed by atoms with Crippen molar-refractivity contribution < 1.29 is 9.47 Å². The minimum absolute atomic E-state index is 0.693. The molecule has 1 heterocycles. The van der Waals surface area contributed by atoms with Gasteiger partial charge in [0.1, 0.15) is 0 Å². The molecule has 0 fully saturated rings. The molecule has 116 valence electrons. The van der Waals surface area contributed by atoms with E-state index in [1.54, 1.807) is 7.05 Å². The number of guanidine groups is 1. The van der Waals surface area contributed by atoms with E-state index >= 15 is 0 Å². The second-order valence-electron chi connectivity index (χ2n) is 4.68. The summed E-state index contributed by atoms with van der Waals surface area (Å²) in [5.41, 5.74) is 0.942. The summed E-state index contributed by atoms with van der Waals surface area (Å²) >= 11 is 1.85. The largest absolute Gasteiger partial charge is 0.490 e. The van der Waals surface area contributed by atoms with Gasteiger partial charge in [-0.1, -0.05) is 0 Å². The molecule has 0 atom stereocenters. The van der Waals surface area contributed by atoms with E-state index in [2.05, 4.69) is 21.9 Å². The molecule has 0 aliphatic carbocycles. The first-order chi connectivity index (χ1) is 10.3. The molecule has 1 aliphatic heterocycles. The highest BCUT2D eigenvalue weighted by Gasteiger charge is 2.11. The van der Waals surface area contributed by atoms with E-state index in [0.717, 1.165) is 48.3 Å². The van der Waals surface area contributed by atoms with Crippen molar-refractivity contribution in [1.82, 2.24) is 5.32 Å². The molecule has 0 saturated carbocycles. The lowest BCUT2D eigenvalue weighted by Gasteiger charge is -2.13. The van der Waals surface area contributed by atoms with Gasteiger partial charge in [-0.25, -0.2) is 0 Å². The number of aliphatic imine (C=N–C) groups is 1. The van der Waals surface area contributed by atoms with Gasteiger partial charge in [0.2, 0.25) is 0 Å². The monoisotopic (exact) mass is 309 g/mol. The molecule has 1 aromatic carbocycles. The fraction of sp³-hybridized carbons (Fsp3) is 0.533. The van der Waals surface area contributed by atoms with E-state index in [1.165, 1.54) is 0 Å². The maximum absolute atomic E-state index is 5.69. The summed E-state index contributed by atoms with van der Waals surface area (Å²) in [6.07, 6.45) is 4.14. The van der Waals surface area contributed by atoms with Crippen LogP contribution in [0.2, 0.25) is 0 Å². The van der Waals surface area contributed by atoms with Crippen LogP contribution in [0.15, 0.2) is 23.2 Å². The maximum Gasteiger partial charge on any atom is 0.195 e. The van der Waals surface area contributed by atoms with Gasteiger partial charge in [0, 0.05) is 31.8 Å². The summed E-state index contributed by atoms with van der Waals surface area (Å²) in [7, 11) is 1.77. The molecule has 1 aromatic rings. The first-order valence-corrected chi connectivity index (χ1v) is 8.59. The first kappa shape index (κ1) is 15.8. The van der Waals surface area contributed by atoms with Crippen molar-refractivity contribution >= 4 is 23.4 Å². The van der Waals surface area contributed by atoms with Crippen molar-refractivity contribution in [2.45, 2.75) is 12.8 Å². The van der Waals surface area contributed by atoms with Crippen molar-refractivity contribution in [3.05, 3.63) is 18.2 Å². The number of hydrogen-bond donors (Lipinski definition) is 2. The van der Waals surface area contributed by atoms with Crippen LogP contribution in [0, 0.1) is 0 Å². The number of rotatable bonds is 5. The van der Waals surface area contributed by atoms with E-state index in [1.807, 2.05) is 30.0 Å². The summed E-state index contributed by atoms with van der Waals surface area (Å²) in [6, 6.07) is 5.86. The molecule has 0 unspecified atom stereocenters. The Morgan fingerprint density at radius 1 is 1.29 bits per heavy atom. The molecule has 0 bridgehead atoms. The lowest BCUT2D eigenvalue weighted by molar-refractivity contribution is 0.297. The van der Waals surface area contributed by atoms with Crippen LogP contribution in [0.1, 0.15) is 12.8 Å². The summed E-state index contributed by atoms with van der Waals surface area (Å²) in [6.45, 7) is 2.31. The SMILES string of the molecule is CN=C(NCCCSC)Nc1ccc2c(c1)OCCCO2. The molecule has 6 heteroatoms. The summed E-state index contributed by atoms with van der Waals surface area (Å²) in [4.78, 5) is 4.23. The summed E-state index contributed by atoms with van der Waals surface area (Å²) in [5.74, 6) is 3.51. The Bertz CT molecular complexity index is 480. The van der Waals surface area contributed by atoms with Crippen molar-refractivity contribution in [1.29, 1.82) is 0 Å². The van der Waals surface area contributed by atoms with Gasteiger partial charge in [-0.3, -0.25) is 4.99 Å². The Kier molecular flexibility index (Phi) is 6.53. The van der Waals surface area contributed by atoms with Gasteiger partial charge in [-0.2, -0.15) is 11.8 Å². The van der Waals surface area contributed by atoms with E-state index < -0.39 is 0 Å². The first-order valence-electron chi connectivity index (χ1n) is 7.19. The lowest BCUT2D eigenvalue weighted by atomic mass is 10.3. The summed E-state index contributed by atoms with van der Waals surface area (Å²) in [5, 5.41) is 6.57. The van der Waals surface area contributed by atoms with Crippen molar-refractivity contribution in [3.8, 4) is 11.5 Å². The molecule has 21 heavy (non-hydrogen) atoms. The molecule has 0 aromatic heterocycles. The number of anilines is 1. The molecule has 1 aliphatic rings. The zero-order valence-corrected chi connectivity index (χ0v) is 13.5. The van der Waals surface area contributed by atoms with Gasteiger partial charge in [0.15, 0.2) is 17.5 Å². The molecule has 0 amide bonds. The molecule has 0 spiro atoms. The van der Waals surface area contributed by atoms with Crippen LogP contribution in [0.5, 0.6) is 11.5 Å². The van der Waals surface area contributed by atoms with Crippen LogP contribution in [0.4, 0.5) is 5.69 Å². The second-order valence-corrected chi connectivity index (χ2v) is 5.67. The Labute approximate surface area is 130 Å². The van der Waals surface area contributed by atoms with E-state index in [-0.39, 0.29) is 0 Å². The highest BCUT2D eigenvalue weighted by atomic mass is 32.2. The maximum atomic E-state index is 5.69. The fourth-order valence-electron chi connectivity index (χ4n) is 1.98. The van der Waals surface area contributed by atoms with Crippen molar-refractivity contribution in [3.63, 3.8) is 0 Å². The Morgan fingerprint density at radius 3 is 2.86 bits per heavy atom. The molecule has 2 N–H and O–H groups in total. The van der Waals surface area contributed by atoms with Gasteiger partial charge < -0.3 is 20.1 Å². The third kappa shape index (κ3) is 5.04. The van der Waals surface area contributed by atoms with Crippen LogP contribution in [-0.4, -0.2) is 44.8 Å². The molecule has 5 nitrogen and oxygen atoms in total. The van der Waals surface area contributed by atoms with Crippen LogP contribution < -0.4 is 20.1 Å². The van der Waals surface area contributed by atoms with Crippen LogP contribution >= 0.6 is 11.8 Å². The quantitative estimate of drug-likeness (QED) is 0.497. The number of nitrogens with zero attached hydrogens (tertiary/aromatic N) is 1. The number of nitrogens with one attached hydrogen (secondary N) is 2. The van der Waals surface area contributed by atoms with Gasteiger partial charge in [0.25, 0.3) is 0 Å². The average molecular weight is 309 g/mol. The van der Waals surface area contributed by atoms with Gasteiger partial charge in [-0.15, -0.1) is 0 Å². The minimum atomic E-state index is 0.693. The third-order valence-corrected chi connectivity index (χ3v) is 3.75. The number of thioether (sulfide) groups is 1. The topological polar surface area (TPSA) is 54.9 Å². The van der Waals surface area contributed by atoms with Crippen LogP contribution in [-0.2, 0) is 0 Å². The Morgan fingerprint density at radius 2 is 2.10 bits per heavy atom. The predicted molar refractivity (Wildman–Crippen MR) is 90.0 cm³/mol. The third-order valence-electron chi connectivity index (χ3n) is 3.05. The predicted octanol–water partition coefficient (Wildman–Crippen LogP) is 2.59. The number of ether oxygens (including phenoxy) is 2. The molecule has 0 saturated heterocycles. The Balaban J connectivity index is 1.93. The fourth-order valence-corrected chi connectivity index (χ4v) is 2.41. The summed E-state index contributed by atoms with van der Waals surface area (Å²) < 4.78 is 11.3. The average Bonchev–Trinajstić information content (AvgIpc) is 2.75. The van der Waals surface area contributed by atoms with E-state index in [0.29, 0.717) is 13.2 Å². The molecular weight excluding hydrogens is 286 g/mol. The van der Waals surface area contributed by atoms with Crippen molar-refractivity contribution in [2.75, 3.05) is 44.1 Å². The Hall–Kier alpha value is -1.56. The molecule has 2 rings (SSSR count). The molecule has 0 radical (unpaired) electrons. The van der Waals surface area contributed by atoms with Gasteiger partial charge in [0.05, 0.1) is 13.2 Å². The van der Waals surface area contributed by atoms with Crippen LogP contribution in [0.25, 0.3) is 0 Å². The standard InChI is InChI=1S/C15H23N3O2S/c1-16-15(17-7-3-10-21-2)18-12-5-6-13-14(11-12)20-9-4-8-19-13/h5-6,11H,3-4,7-10H2,1-2H3,(H2,16,17,18). The smallest absolute Gasteiger partial charge is 0.195 e. The number of hydrogen-bond acceptors (Lipinski definition) is 4. The zero-order valence-electron chi connectivity index (χ0n) is 12.6. The number of fused-ring (bicyclic) bond motifs is 1. The normalized spacial score (nSPS) is 14.5. The van der Waals surface area contributed by atoms with Crippen LogP contribution in [0.3, 0.4) is 0 Å². The molecular formula is C15H23N3O2S. The zero-order chi connectivity index (χ0) is 14.9. The van der Waals surface area contributed by atoms with E-state index in [4.69, 9.17) is 9.47 Å². The highest BCUT2D eigenvalue weighted by molar-refractivity contribution is 7.98. The van der Waals surface area contributed by atoms with Gasteiger partial charge >= 0.3 is 0 Å². The number of benzene rings is 1. The van der Waals surface area contributed by atoms with Gasteiger partial charge in [-0.05, 0) is 30.6 Å².